The van der Waals surface area contributed by atoms with Crippen molar-refractivity contribution >= 4 is 23.2 Å². The van der Waals surface area contributed by atoms with Crippen LogP contribution in [0.3, 0.4) is 0 Å². The lowest BCUT2D eigenvalue weighted by Gasteiger charge is -2.08. The molecule has 0 radical (unpaired) electrons. The lowest BCUT2D eigenvalue weighted by molar-refractivity contribution is 0.333. The Balaban J connectivity index is 2.14. The number of halogens is 2. The summed E-state index contributed by atoms with van der Waals surface area (Å²) >= 11 is 12.2. The Labute approximate surface area is 128 Å². The number of nitrogens with zero attached hydrogens (tertiary/aromatic N) is 2. The van der Waals surface area contributed by atoms with Crippen LogP contribution in [0.4, 0.5) is 0 Å². The third-order valence-corrected chi connectivity index (χ3v) is 3.63. The predicted molar refractivity (Wildman–Crippen MR) is 79.9 cm³/mol. The van der Waals surface area contributed by atoms with Crippen molar-refractivity contribution in [1.29, 1.82) is 0 Å². The summed E-state index contributed by atoms with van der Waals surface area (Å²) in [4.78, 5) is 4.32. The van der Waals surface area contributed by atoms with E-state index in [1.807, 2.05) is 0 Å². The highest BCUT2D eigenvalue weighted by molar-refractivity contribution is 6.36. The monoisotopic (exact) mass is 313 g/mol. The van der Waals surface area contributed by atoms with Crippen LogP contribution in [0.15, 0.2) is 22.7 Å². The number of hydrogen-bond donors (Lipinski definition) is 1. The largest absolute Gasteiger partial charge is 0.338 e. The predicted octanol–water partition coefficient (Wildman–Crippen LogP) is 4.01. The molecule has 2 aromatic rings. The molecule has 0 aliphatic rings. The Kier molecular flexibility index (Phi) is 5.02. The van der Waals surface area contributed by atoms with Crippen LogP contribution in [-0.4, -0.2) is 10.1 Å². The van der Waals surface area contributed by atoms with Crippen molar-refractivity contribution in [3.63, 3.8) is 0 Å². The number of aromatic nitrogens is 2. The van der Waals surface area contributed by atoms with Gasteiger partial charge < -0.3 is 10.3 Å². The molecular weight excluding hydrogens is 297 g/mol. The zero-order valence-corrected chi connectivity index (χ0v) is 12.9. The molecule has 108 valence electrons. The third-order valence-electron chi connectivity index (χ3n) is 2.92. The van der Waals surface area contributed by atoms with Gasteiger partial charge in [-0.25, -0.2) is 0 Å². The summed E-state index contributed by atoms with van der Waals surface area (Å²) in [6.07, 6.45) is 1.23. The van der Waals surface area contributed by atoms with Crippen LogP contribution in [-0.2, 0) is 6.42 Å². The van der Waals surface area contributed by atoms with Gasteiger partial charge in [0.15, 0.2) is 5.82 Å². The molecule has 0 saturated heterocycles. The topological polar surface area (TPSA) is 64.9 Å². The highest BCUT2D eigenvalue weighted by Gasteiger charge is 2.17. The normalized spacial score (nSPS) is 12.9. The molecule has 0 aliphatic heterocycles. The minimum absolute atomic E-state index is 0.238. The molecule has 1 aromatic carbocycles. The Morgan fingerprint density at radius 1 is 1.25 bits per heavy atom. The first-order valence-corrected chi connectivity index (χ1v) is 7.24. The van der Waals surface area contributed by atoms with Crippen LogP contribution in [0.1, 0.15) is 43.6 Å². The molecule has 2 rings (SSSR count). The molecule has 0 bridgehead atoms. The van der Waals surface area contributed by atoms with Crippen molar-refractivity contribution in [2.24, 2.45) is 11.7 Å². The minimum Gasteiger partial charge on any atom is -0.338 e. The maximum absolute atomic E-state index is 6.12. The molecule has 4 nitrogen and oxygen atoms in total. The van der Waals surface area contributed by atoms with Crippen molar-refractivity contribution in [2.75, 3.05) is 0 Å². The van der Waals surface area contributed by atoms with Gasteiger partial charge in [-0.15, -0.1) is 0 Å². The van der Waals surface area contributed by atoms with E-state index in [1.165, 1.54) is 0 Å². The molecule has 0 unspecified atom stereocenters. The van der Waals surface area contributed by atoms with Gasteiger partial charge in [-0.05, 0) is 30.0 Å². The van der Waals surface area contributed by atoms with Crippen LogP contribution in [0.2, 0.25) is 10.0 Å². The van der Waals surface area contributed by atoms with Crippen molar-refractivity contribution in [2.45, 2.75) is 32.7 Å². The van der Waals surface area contributed by atoms with E-state index in [4.69, 9.17) is 33.5 Å². The first-order valence-electron chi connectivity index (χ1n) is 6.48. The fourth-order valence-corrected chi connectivity index (χ4v) is 2.49. The lowest BCUT2D eigenvalue weighted by atomic mass is 10.0. The maximum Gasteiger partial charge on any atom is 0.243 e. The first kappa shape index (κ1) is 15.3. The Bertz CT molecular complexity index is 563. The van der Waals surface area contributed by atoms with Gasteiger partial charge in [-0.2, -0.15) is 4.98 Å². The summed E-state index contributed by atoms with van der Waals surface area (Å²) in [5.74, 6) is 1.46. The molecule has 0 amide bonds. The van der Waals surface area contributed by atoms with Crippen molar-refractivity contribution in [3.05, 3.63) is 45.5 Å². The first-order chi connectivity index (χ1) is 9.47. The highest BCUT2D eigenvalue weighted by Crippen LogP contribution is 2.26. The molecule has 0 saturated carbocycles. The van der Waals surface area contributed by atoms with Gasteiger partial charge >= 0.3 is 0 Å². The van der Waals surface area contributed by atoms with E-state index in [9.17, 15) is 0 Å². The zero-order valence-electron chi connectivity index (χ0n) is 11.4. The second kappa shape index (κ2) is 6.57. The number of benzene rings is 1. The van der Waals surface area contributed by atoms with Gasteiger partial charge in [0.2, 0.25) is 5.89 Å². The van der Waals surface area contributed by atoms with Crippen LogP contribution < -0.4 is 5.73 Å². The fourth-order valence-electron chi connectivity index (χ4n) is 1.96. The van der Waals surface area contributed by atoms with Crippen molar-refractivity contribution in [1.82, 2.24) is 10.1 Å². The van der Waals surface area contributed by atoms with Crippen LogP contribution in [0.25, 0.3) is 0 Å². The van der Waals surface area contributed by atoms with Crippen LogP contribution in [0.5, 0.6) is 0 Å². The average molecular weight is 314 g/mol. The van der Waals surface area contributed by atoms with Gasteiger partial charge in [0.05, 0.1) is 6.04 Å². The Hall–Kier alpha value is -1.10. The van der Waals surface area contributed by atoms with E-state index < -0.39 is 0 Å². The van der Waals surface area contributed by atoms with Crippen molar-refractivity contribution in [3.8, 4) is 0 Å². The van der Waals surface area contributed by atoms with Gasteiger partial charge in [0.1, 0.15) is 0 Å². The fraction of sp³-hybridized carbons (Fsp3) is 0.429. The van der Waals surface area contributed by atoms with Crippen molar-refractivity contribution < 1.29 is 4.52 Å². The Morgan fingerprint density at radius 3 is 2.50 bits per heavy atom. The van der Waals surface area contributed by atoms with E-state index in [-0.39, 0.29) is 6.04 Å². The van der Waals surface area contributed by atoms with Gasteiger partial charge in [-0.1, -0.05) is 48.3 Å². The third kappa shape index (κ3) is 3.72. The molecule has 20 heavy (non-hydrogen) atoms. The summed E-state index contributed by atoms with van der Waals surface area (Å²) in [7, 11) is 0. The van der Waals surface area contributed by atoms with Gasteiger partial charge in [-0.3, -0.25) is 0 Å². The van der Waals surface area contributed by atoms with Gasteiger partial charge in [0.25, 0.3) is 0 Å². The van der Waals surface area contributed by atoms with E-state index in [1.54, 1.807) is 18.2 Å². The Morgan fingerprint density at radius 2 is 1.90 bits per heavy atom. The molecule has 1 heterocycles. The van der Waals surface area contributed by atoms with E-state index in [2.05, 4.69) is 24.0 Å². The summed E-state index contributed by atoms with van der Waals surface area (Å²) < 4.78 is 5.21. The second-order valence-electron chi connectivity index (χ2n) is 5.16. The lowest BCUT2D eigenvalue weighted by Crippen LogP contribution is -2.13. The molecule has 0 spiro atoms. The standard InChI is InChI=1S/C14H17Cl2N3O/c1-8(2)6-12(17)14-18-13(19-20-14)7-9-10(15)4-3-5-11(9)16/h3-5,8,12H,6-7,17H2,1-2H3/t12-/m0/s1. The quantitative estimate of drug-likeness (QED) is 0.905. The maximum atomic E-state index is 6.12. The molecular formula is C14H17Cl2N3O. The highest BCUT2D eigenvalue weighted by atomic mass is 35.5. The minimum atomic E-state index is -0.238. The van der Waals surface area contributed by atoms with E-state index in [0.29, 0.717) is 34.1 Å². The van der Waals surface area contributed by atoms with Crippen LogP contribution >= 0.6 is 23.2 Å². The molecule has 0 aliphatic carbocycles. The molecule has 1 atom stereocenters. The zero-order chi connectivity index (χ0) is 14.7. The summed E-state index contributed by atoms with van der Waals surface area (Å²) in [6, 6.07) is 5.13. The van der Waals surface area contributed by atoms with Gasteiger partial charge in [0, 0.05) is 16.5 Å². The van der Waals surface area contributed by atoms with E-state index in [0.717, 1.165) is 12.0 Å². The SMILES string of the molecule is CC(C)C[C@H](N)c1nc(Cc2c(Cl)cccc2Cl)no1. The smallest absolute Gasteiger partial charge is 0.243 e. The average Bonchev–Trinajstić information content (AvgIpc) is 2.82. The molecule has 1 aromatic heterocycles. The summed E-state index contributed by atoms with van der Waals surface area (Å²) in [5.41, 5.74) is 6.81. The molecule has 6 heteroatoms. The summed E-state index contributed by atoms with van der Waals surface area (Å²) in [5, 5.41) is 5.12. The van der Waals surface area contributed by atoms with E-state index >= 15 is 0 Å². The number of hydrogen-bond acceptors (Lipinski definition) is 4. The second-order valence-corrected chi connectivity index (χ2v) is 5.98. The number of rotatable bonds is 5. The molecule has 0 fully saturated rings. The molecule has 2 N–H and O–H groups in total. The van der Waals surface area contributed by atoms with Crippen LogP contribution in [0, 0.1) is 5.92 Å². The number of nitrogens with two attached hydrogens (primary N) is 1. The summed E-state index contributed by atoms with van der Waals surface area (Å²) in [6.45, 7) is 4.20.